The van der Waals surface area contributed by atoms with E-state index in [4.69, 9.17) is 10.5 Å². The van der Waals surface area contributed by atoms with Gasteiger partial charge in [-0.3, -0.25) is 9.79 Å². The van der Waals surface area contributed by atoms with Gasteiger partial charge in [-0.25, -0.2) is 0 Å². The molecule has 0 rings (SSSR count). The van der Waals surface area contributed by atoms with Gasteiger partial charge < -0.3 is 10.5 Å². The van der Waals surface area contributed by atoms with Crippen molar-refractivity contribution in [2.45, 2.75) is 149 Å². The van der Waals surface area contributed by atoms with Crippen LogP contribution >= 0.6 is 11.8 Å². The minimum Gasteiger partial charge on any atom is -0.466 e. The van der Waals surface area contributed by atoms with Crippen molar-refractivity contribution < 1.29 is 9.53 Å². The predicted molar refractivity (Wildman–Crippen MR) is 153 cm³/mol. The van der Waals surface area contributed by atoms with Crippen LogP contribution in [0.5, 0.6) is 0 Å². The fourth-order valence-corrected chi connectivity index (χ4v) is 4.87. The van der Waals surface area contributed by atoms with Gasteiger partial charge in [0.2, 0.25) is 0 Å². The number of unbranched alkanes of at least 4 members (excludes halogenated alkanes) is 16. The molecule has 0 atom stereocenters. The molecule has 0 aromatic carbocycles. The normalized spacial score (nSPS) is 11.8. The van der Waals surface area contributed by atoms with Crippen molar-refractivity contribution in [3.8, 4) is 0 Å². The molecule has 0 aliphatic carbocycles. The number of esters is 1. The molecule has 5 heteroatoms. The van der Waals surface area contributed by atoms with Crippen molar-refractivity contribution in [2.24, 2.45) is 10.7 Å². The van der Waals surface area contributed by atoms with Gasteiger partial charge in [-0.15, -0.1) is 0 Å². The molecular formula is C29H58N2O2S. The van der Waals surface area contributed by atoms with Gasteiger partial charge in [0.05, 0.1) is 18.9 Å². The smallest absolute Gasteiger partial charge is 0.306 e. The second-order valence-corrected chi connectivity index (χ2v) is 10.9. The Balaban J connectivity index is 3.33. The van der Waals surface area contributed by atoms with E-state index >= 15 is 0 Å². The molecule has 202 valence electrons. The topological polar surface area (TPSA) is 64.7 Å². The summed E-state index contributed by atoms with van der Waals surface area (Å²) in [7, 11) is 0. The maximum Gasteiger partial charge on any atom is 0.306 e. The fourth-order valence-electron chi connectivity index (χ4n) is 4.01. The van der Waals surface area contributed by atoms with Gasteiger partial charge >= 0.3 is 5.97 Å². The lowest BCUT2D eigenvalue weighted by molar-refractivity contribution is -0.143. The third-order valence-corrected chi connectivity index (χ3v) is 7.33. The summed E-state index contributed by atoms with van der Waals surface area (Å²) in [6.07, 6.45) is 26.0. The van der Waals surface area contributed by atoms with Crippen LogP contribution in [0.2, 0.25) is 0 Å². The van der Waals surface area contributed by atoms with Crippen molar-refractivity contribution in [2.75, 3.05) is 24.7 Å². The van der Waals surface area contributed by atoms with Crippen molar-refractivity contribution >= 4 is 23.6 Å². The molecule has 0 heterocycles. The molecule has 0 aliphatic heterocycles. The summed E-state index contributed by atoms with van der Waals surface area (Å²) < 4.78 is 5.36. The molecule has 0 aromatic heterocycles. The van der Waals surface area contributed by atoms with Crippen LogP contribution in [0.3, 0.4) is 0 Å². The number of aliphatic imine (C=N–C) groups is 1. The zero-order chi connectivity index (χ0) is 25.0. The molecule has 0 fully saturated rings. The Morgan fingerprint density at radius 3 is 1.71 bits per heavy atom. The summed E-state index contributed by atoms with van der Waals surface area (Å²) in [6, 6.07) is 0. The van der Waals surface area contributed by atoms with E-state index < -0.39 is 0 Å². The number of ether oxygens (including phenoxy) is 1. The van der Waals surface area contributed by atoms with E-state index in [0.717, 1.165) is 49.6 Å². The molecule has 0 saturated heterocycles. The number of hydrogen-bond acceptors (Lipinski definition) is 4. The van der Waals surface area contributed by atoms with Crippen molar-refractivity contribution in [3.05, 3.63) is 0 Å². The Bertz CT molecular complexity index is 457. The first-order chi connectivity index (χ1) is 16.7. The SMILES string of the molecule is CCCCCCCCCCCCOC(=O)CCSCCCC(N)=NCCCCCCCCCC. The number of amidine groups is 1. The maximum atomic E-state index is 11.8. The second kappa shape index (κ2) is 28.5. The third kappa shape index (κ3) is 27.5. The van der Waals surface area contributed by atoms with Crippen LogP contribution in [0, 0.1) is 0 Å². The molecule has 0 amide bonds. The van der Waals surface area contributed by atoms with Crippen LogP contribution in [0.15, 0.2) is 4.99 Å². The van der Waals surface area contributed by atoms with Crippen LogP contribution < -0.4 is 5.73 Å². The Kier molecular flexibility index (Phi) is 27.9. The molecule has 0 bridgehead atoms. The average Bonchev–Trinajstić information content (AvgIpc) is 2.83. The summed E-state index contributed by atoms with van der Waals surface area (Å²) in [6.45, 7) is 5.99. The molecule has 4 nitrogen and oxygen atoms in total. The van der Waals surface area contributed by atoms with Gasteiger partial charge in [0.15, 0.2) is 0 Å². The van der Waals surface area contributed by atoms with Gasteiger partial charge in [-0.05, 0) is 25.0 Å². The van der Waals surface area contributed by atoms with Gasteiger partial charge in [0.25, 0.3) is 0 Å². The van der Waals surface area contributed by atoms with Crippen molar-refractivity contribution in [3.63, 3.8) is 0 Å². The highest BCUT2D eigenvalue weighted by molar-refractivity contribution is 7.99. The summed E-state index contributed by atoms with van der Waals surface area (Å²) in [5.74, 6) is 2.61. The van der Waals surface area contributed by atoms with Gasteiger partial charge in [0.1, 0.15) is 0 Å². The summed E-state index contributed by atoms with van der Waals surface area (Å²) >= 11 is 1.81. The molecule has 0 radical (unpaired) electrons. The van der Waals surface area contributed by atoms with Crippen molar-refractivity contribution in [1.29, 1.82) is 0 Å². The molecule has 0 spiro atoms. The van der Waals surface area contributed by atoms with Crippen LogP contribution in [-0.4, -0.2) is 36.5 Å². The van der Waals surface area contributed by atoms with E-state index in [1.807, 2.05) is 11.8 Å². The van der Waals surface area contributed by atoms with E-state index in [1.54, 1.807) is 0 Å². The lowest BCUT2D eigenvalue weighted by Gasteiger charge is -2.06. The molecular weight excluding hydrogens is 440 g/mol. The molecule has 34 heavy (non-hydrogen) atoms. The Labute approximate surface area is 217 Å². The van der Waals surface area contributed by atoms with E-state index in [0.29, 0.717) is 13.0 Å². The van der Waals surface area contributed by atoms with Crippen LogP contribution in [-0.2, 0) is 9.53 Å². The van der Waals surface area contributed by atoms with Crippen LogP contribution in [0.4, 0.5) is 0 Å². The highest BCUT2D eigenvalue weighted by atomic mass is 32.2. The summed E-state index contributed by atoms with van der Waals surface area (Å²) in [5.41, 5.74) is 6.03. The minimum atomic E-state index is -0.0464. The summed E-state index contributed by atoms with van der Waals surface area (Å²) in [5, 5.41) is 0. The number of rotatable bonds is 27. The standard InChI is InChI=1S/C29H58N2O2S/c1-3-5-7-9-11-13-14-16-18-20-25-33-29(32)23-27-34-26-21-22-28(30)31-24-19-17-15-12-10-8-6-4-2/h3-27H2,1-2H3,(H2,30,31). The molecule has 0 unspecified atom stereocenters. The molecule has 0 aromatic rings. The number of hydrogen-bond donors (Lipinski definition) is 1. The van der Waals surface area contributed by atoms with Gasteiger partial charge in [-0.1, -0.05) is 117 Å². The van der Waals surface area contributed by atoms with Crippen LogP contribution in [0.1, 0.15) is 149 Å². The number of carbonyl (C=O) groups excluding carboxylic acids is 1. The fraction of sp³-hybridized carbons (Fsp3) is 0.931. The van der Waals surface area contributed by atoms with E-state index in [1.165, 1.54) is 103 Å². The van der Waals surface area contributed by atoms with E-state index in [2.05, 4.69) is 18.8 Å². The Hall–Kier alpha value is -0.710. The number of thioether (sulfide) groups is 1. The molecule has 2 N–H and O–H groups in total. The first-order valence-electron chi connectivity index (χ1n) is 14.7. The first kappa shape index (κ1) is 33.3. The number of nitrogens with zero attached hydrogens (tertiary/aromatic N) is 1. The quantitative estimate of drug-likeness (QED) is 0.0531. The maximum absolute atomic E-state index is 11.8. The highest BCUT2D eigenvalue weighted by Crippen LogP contribution is 2.12. The van der Waals surface area contributed by atoms with Crippen LogP contribution in [0.25, 0.3) is 0 Å². The van der Waals surface area contributed by atoms with Gasteiger partial charge in [0, 0.05) is 18.7 Å². The zero-order valence-corrected chi connectivity index (χ0v) is 23.7. The minimum absolute atomic E-state index is 0.0464. The predicted octanol–water partition coefficient (Wildman–Crippen LogP) is 8.85. The van der Waals surface area contributed by atoms with Crippen molar-refractivity contribution in [1.82, 2.24) is 0 Å². The second-order valence-electron chi connectivity index (χ2n) is 9.72. The highest BCUT2D eigenvalue weighted by Gasteiger charge is 2.03. The lowest BCUT2D eigenvalue weighted by atomic mass is 10.1. The lowest BCUT2D eigenvalue weighted by Crippen LogP contribution is -2.12. The third-order valence-electron chi connectivity index (χ3n) is 6.26. The number of nitrogens with two attached hydrogens (primary N) is 1. The van der Waals surface area contributed by atoms with E-state index in [9.17, 15) is 4.79 Å². The Morgan fingerprint density at radius 1 is 0.647 bits per heavy atom. The monoisotopic (exact) mass is 498 g/mol. The molecule has 0 aliphatic rings. The Morgan fingerprint density at radius 2 is 1.15 bits per heavy atom. The molecule has 0 saturated carbocycles. The summed E-state index contributed by atoms with van der Waals surface area (Å²) in [4.78, 5) is 16.3. The first-order valence-corrected chi connectivity index (χ1v) is 15.9. The largest absolute Gasteiger partial charge is 0.466 e. The van der Waals surface area contributed by atoms with E-state index in [-0.39, 0.29) is 5.97 Å². The number of carbonyl (C=O) groups is 1. The van der Waals surface area contributed by atoms with Gasteiger partial charge in [-0.2, -0.15) is 11.8 Å². The average molecular weight is 499 g/mol. The zero-order valence-electron chi connectivity index (χ0n) is 22.9.